The maximum Gasteiger partial charge on any atom is 0.188 e. The van der Waals surface area contributed by atoms with Crippen LogP contribution < -0.4 is 5.32 Å². The van der Waals surface area contributed by atoms with Gasteiger partial charge in [0, 0.05) is 6.04 Å². The van der Waals surface area contributed by atoms with E-state index in [4.69, 9.17) is 0 Å². The molecule has 0 atom stereocenters. The molecule has 0 aromatic carbocycles. The molecule has 1 aromatic rings. The van der Waals surface area contributed by atoms with Gasteiger partial charge in [0.2, 0.25) is 0 Å². The Kier molecular flexibility index (Phi) is 4.44. The Morgan fingerprint density at radius 3 is 2.76 bits per heavy atom. The Morgan fingerprint density at radius 1 is 1.41 bits per heavy atom. The summed E-state index contributed by atoms with van der Waals surface area (Å²) in [5, 5.41) is 15.6. The number of hydrogen-bond donors (Lipinski definition) is 1. The van der Waals surface area contributed by atoms with Gasteiger partial charge in [0.1, 0.15) is 0 Å². The minimum atomic E-state index is 0.667. The summed E-state index contributed by atoms with van der Waals surface area (Å²) in [6.07, 6.45) is 3.62. The lowest BCUT2D eigenvalue weighted by atomic mass is 10.0. The lowest BCUT2D eigenvalue weighted by Gasteiger charge is -2.33. The summed E-state index contributed by atoms with van der Waals surface area (Å²) in [5.74, 6) is 0.833. The maximum absolute atomic E-state index is 4.26. The molecule has 2 heterocycles. The zero-order valence-corrected chi connectivity index (χ0v) is 10.8. The van der Waals surface area contributed by atoms with Crippen LogP contribution in [0.1, 0.15) is 32.0 Å². The topological polar surface area (TPSA) is 58.9 Å². The van der Waals surface area contributed by atoms with E-state index in [9.17, 15) is 0 Å². The van der Waals surface area contributed by atoms with Crippen molar-refractivity contribution in [2.45, 2.75) is 38.8 Å². The monoisotopic (exact) mass is 238 g/mol. The predicted molar refractivity (Wildman–Crippen MR) is 65.4 cm³/mol. The van der Waals surface area contributed by atoms with E-state index in [1.807, 2.05) is 7.05 Å². The van der Waals surface area contributed by atoms with Gasteiger partial charge in [-0.1, -0.05) is 6.92 Å². The maximum atomic E-state index is 4.26. The predicted octanol–water partition coefficient (Wildman–Crippen LogP) is 0.174. The van der Waals surface area contributed by atoms with Crippen molar-refractivity contribution in [3.05, 3.63) is 5.82 Å². The number of nitrogens with one attached hydrogen (secondary N) is 1. The summed E-state index contributed by atoms with van der Waals surface area (Å²) in [7, 11) is 1.81. The first-order valence-corrected chi connectivity index (χ1v) is 6.47. The minimum Gasteiger partial charge on any atom is -0.317 e. The third-order valence-corrected chi connectivity index (χ3v) is 3.23. The van der Waals surface area contributed by atoms with E-state index >= 15 is 0 Å². The molecule has 1 N–H and O–H groups in total. The Bertz CT molecular complexity index is 330. The van der Waals surface area contributed by atoms with Crippen molar-refractivity contribution < 1.29 is 0 Å². The molecule has 1 aliphatic heterocycles. The fourth-order valence-corrected chi connectivity index (χ4v) is 2.42. The quantitative estimate of drug-likeness (QED) is 0.792. The molecular weight excluding hydrogens is 216 g/mol. The fourth-order valence-electron chi connectivity index (χ4n) is 2.42. The van der Waals surface area contributed by atoms with Crippen LogP contribution in [-0.4, -0.2) is 50.8 Å². The molecular formula is C11H22N6. The molecule has 6 nitrogen and oxygen atoms in total. The second-order valence-corrected chi connectivity index (χ2v) is 4.65. The molecule has 96 valence electrons. The number of rotatable bonds is 5. The highest BCUT2D eigenvalue weighted by Crippen LogP contribution is 2.14. The number of piperidine rings is 1. The highest BCUT2D eigenvalue weighted by Gasteiger charge is 2.21. The van der Waals surface area contributed by atoms with Gasteiger partial charge in [-0.25, -0.2) is 0 Å². The SMILES string of the molecule is CCCN(Cc1nnn(C)n1)C1CCNCC1. The van der Waals surface area contributed by atoms with Crippen molar-refractivity contribution in [1.29, 1.82) is 0 Å². The van der Waals surface area contributed by atoms with Crippen LogP contribution in [0.15, 0.2) is 0 Å². The largest absolute Gasteiger partial charge is 0.317 e. The Balaban J connectivity index is 1.95. The van der Waals surface area contributed by atoms with Gasteiger partial charge in [0.05, 0.1) is 13.6 Å². The van der Waals surface area contributed by atoms with E-state index in [2.05, 4.69) is 32.6 Å². The van der Waals surface area contributed by atoms with Crippen LogP contribution in [0.3, 0.4) is 0 Å². The summed E-state index contributed by atoms with van der Waals surface area (Å²) >= 11 is 0. The zero-order chi connectivity index (χ0) is 12.1. The fraction of sp³-hybridized carbons (Fsp3) is 0.909. The second-order valence-electron chi connectivity index (χ2n) is 4.65. The zero-order valence-electron chi connectivity index (χ0n) is 10.8. The molecule has 1 aromatic heterocycles. The number of aryl methyl sites for hydroxylation is 1. The molecule has 0 saturated carbocycles. The van der Waals surface area contributed by atoms with Gasteiger partial charge < -0.3 is 5.32 Å². The first-order chi connectivity index (χ1) is 8.29. The van der Waals surface area contributed by atoms with Crippen LogP contribution in [0.25, 0.3) is 0 Å². The van der Waals surface area contributed by atoms with Crippen molar-refractivity contribution >= 4 is 0 Å². The molecule has 0 aliphatic carbocycles. The first kappa shape index (κ1) is 12.4. The van der Waals surface area contributed by atoms with E-state index in [1.54, 1.807) is 0 Å². The normalized spacial score (nSPS) is 17.8. The molecule has 1 saturated heterocycles. The minimum absolute atomic E-state index is 0.667. The number of nitrogens with zero attached hydrogens (tertiary/aromatic N) is 5. The molecule has 0 bridgehead atoms. The van der Waals surface area contributed by atoms with Crippen LogP contribution in [0.2, 0.25) is 0 Å². The van der Waals surface area contributed by atoms with Crippen LogP contribution >= 0.6 is 0 Å². The highest BCUT2D eigenvalue weighted by atomic mass is 15.6. The lowest BCUT2D eigenvalue weighted by Crippen LogP contribution is -2.43. The third-order valence-electron chi connectivity index (χ3n) is 3.23. The van der Waals surface area contributed by atoms with E-state index < -0.39 is 0 Å². The smallest absolute Gasteiger partial charge is 0.188 e. The van der Waals surface area contributed by atoms with E-state index in [-0.39, 0.29) is 0 Å². The standard InChI is InChI=1S/C11H22N6/c1-3-8-17(10-4-6-12-7-5-10)9-11-13-15-16(2)14-11/h10,12H,3-9H2,1-2H3. The molecule has 2 rings (SSSR count). The molecule has 1 fully saturated rings. The van der Waals surface area contributed by atoms with Gasteiger partial charge in [-0.15, -0.1) is 10.2 Å². The number of aromatic nitrogens is 4. The second kappa shape index (κ2) is 6.07. The third kappa shape index (κ3) is 3.47. The van der Waals surface area contributed by atoms with Gasteiger partial charge in [-0.05, 0) is 44.1 Å². The van der Waals surface area contributed by atoms with Gasteiger partial charge in [0.25, 0.3) is 0 Å². The van der Waals surface area contributed by atoms with E-state index in [1.165, 1.54) is 24.1 Å². The lowest BCUT2D eigenvalue weighted by molar-refractivity contribution is 0.150. The molecule has 6 heteroatoms. The van der Waals surface area contributed by atoms with Gasteiger partial charge in [0.15, 0.2) is 5.82 Å². The Labute approximate surface area is 102 Å². The summed E-state index contributed by atoms with van der Waals surface area (Å²) in [6.45, 7) is 6.41. The van der Waals surface area contributed by atoms with Crippen molar-refractivity contribution in [3.8, 4) is 0 Å². The van der Waals surface area contributed by atoms with Gasteiger partial charge in [-0.2, -0.15) is 4.80 Å². The van der Waals surface area contributed by atoms with E-state index in [0.29, 0.717) is 6.04 Å². The molecule has 0 unspecified atom stereocenters. The van der Waals surface area contributed by atoms with Crippen LogP contribution in [0.4, 0.5) is 0 Å². The molecule has 1 aliphatic rings. The summed E-state index contributed by atoms with van der Waals surface area (Å²) in [6, 6.07) is 0.667. The summed E-state index contributed by atoms with van der Waals surface area (Å²) in [4.78, 5) is 4.03. The number of hydrogen-bond acceptors (Lipinski definition) is 5. The van der Waals surface area contributed by atoms with Crippen LogP contribution in [0.5, 0.6) is 0 Å². The highest BCUT2D eigenvalue weighted by molar-refractivity contribution is 4.83. The van der Waals surface area contributed by atoms with Crippen molar-refractivity contribution in [3.63, 3.8) is 0 Å². The Hall–Kier alpha value is -1.01. The van der Waals surface area contributed by atoms with Crippen molar-refractivity contribution in [2.24, 2.45) is 7.05 Å². The van der Waals surface area contributed by atoms with Crippen molar-refractivity contribution in [2.75, 3.05) is 19.6 Å². The van der Waals surface area contributed by atoms with Crippen LogP contribution in [-0.2, 0) is 13.6 Å². The molecule has 0 radical (unpaired) electrons. The summed E-state index contributed by atoms with van der Waals surface area (Å²) in [5.41, 5.74) is 0. The van der Waals surface area contributed by atoms with Gasteiger partial charge in [-0.3, -0.25) is 4.90 Å². The van der Waals surface area contributed by atoms with E-state index in [0.717, 1.165) is 32.0 Å². The first-order valence-electron chi connectivity index (χ1n) is 6.47. The van der Waals surface area contributed by atoms with Gasteiger partial charge >= 0.3 is 0 Å². The average Bonchev–Trinajstić information content (AvgIpc) is 2.75. The average molecular weight is 238 g/mol. The van der Waals surface area contributed by atoms with Crippen molar-refractivity contribution in [1.82, 2.24) is 30.4 Å². The number of tetrazole rings is 1. The van der Waals surface area contributed by atoms with Crippen LogP contribution in [0, 0.1) is 0 Å². The molecule has 0 amide bonds. The Morgan fingerprint density at radius 2 is 2.18 bits per heavy atom. The summed E-state index contributed by atoms with van der Waals surface area (Å²) < 4.78 is 0. The molecule has 0 spiro atoms. The molecule has 17 heavy (non-hydrogen) atoms.